The number of β-amino-alcohol motifs (C(OH)–C–C–N with tert-alkyl or cyclic N) is 1. The fraction of sp³-hybridized carbons (Fsp3) is 0.846. The van der Waals surface area contributed by atoms with Gasteiger partial charge in [0, 0.05) is 38.1 Å². The summed E-state index contributed by atoms with van der Waals surface area (Å²) in [6.45, 7) is 2.12. The first-order valence-electron chi connectivity index (χ1n) is 6.97. The van der Waals surface area contributed by atoms with Crippen LogP contribution in [0.25, 0.3) is 0 Å². The third kappa shape index (κ3) is 3.40. The van der Waals surface area contributed by atoms with Crippen molar-refractivity contribution in [2.24, 2.45) is 5.92 Å². The zero-order chi connectivity index (χ0) is 14.9. The third-order valence-electron chi connectivity index (χ3n) is 3.90. The van der Waals surface area contributed by atoms with Gasteiger partial charge in [0.2, 0.25) is 0 Å². The van der Waals surface area contributed by atoms with E-state index in [1.165, 1.54) is 0 Å². The van der Waals surface area contributed by atoms with E-state index < -0.39 is 12.1 Å². The van der Waals surface area contributed by atoms with Crippen LogP contribution in [0.3, 0.4) is 0 Å². The van der Waals surface area contributed by atoms with E-state index in [2.05, 4.69) is 0 Å². The number of urea groups is 1. The lowest BCUT2D eigenvalue weighted by Crippen LogP contribution is -2.57. The number of aliphatic hydroxyl groups is 1. The van der Waals surface area contributed by atoms with Gasteiger partial charge in [0.25, 0.3) is 0 Å². The molecule has 0 aromatic rings. The highest BCUT2D eigenvalue weighted by atomic mass is 16.4. The lowest BCUT2D eigenvalue weighted by atomic mass is 9.97. The molecular weight excluding hydrogens is 262 g/mol. The monoisotopic (exact) mass is 285 g/mol. The average Bonchev–Trinajstić information content (AvgIpc) is 2.62. The first kappa shape index (κ1) is 15.1. The van der Waals surface area contributed by atoms with Crippen molar-refractivity contribution in [2.75, 3.05) is 40.3 Å². The highest BCUT2D eigenvalue weighted by Crippen LogP contribution is 2.25. The van der Waals surface area contributed by atoms with Gasteiger partial charge in [0.15, 0.2) is 0 Å². The Kier molecular flexibility index (Phi) is 4.49. The van der Waals surface area contributed by atoms with Crippen LogP contribution in [0.4, 0.5) is 4.79 Å². The van der Waals surface area contributed by atoms with Crippen LogP contribution in [0.15, 0.2) is 0 Å². The molecular formula is C13H23N3O4. The Bertz CT molecular complexity index is 382. The summed E-state index contributed by atoms with van der Waals surface area (Å²) in [5, 5.41) is 18.5. The van der Waals surface area contributed by atoms with Crippen LogP contribution in [-0.2, 0) is 4.79 Å². The van der Waals surface area contributed by atoms with E-state index in [9.17, 15) is 14.7 Å². The summed E-state index contributed by atoms with van der Waals surface area (Å²) < 4.78 is 0. The van der Waals surface area contributed by atoms with Gasteiger partial charge < -0.3 is 24.9 Å². The Morgan fingerprint density at radius 1 is 1.25 bits per heavy atom. The fourth-order valence-electron chi connectivity index (χ4n) is 3.00. The molecule has 0 aromatic carbocycles. The van der Waals surface area contributed by atoms with Crippen molar-refractivity contribution in [2.45, 2.75) is 25.0 Å². The number of carbonyl (C=O) groups excluding carboxylic acids is 1. The minimum Gasteiger partial charge on any atom is -0.481 e. The zero-order valence-electron chi connectivity index (χ0n) is 12.0. The van der Waals surface area contributed by atoms with Crippen LogP contribution >= 0.6 is 0 Å². The summed E-state index contributed by atoms with van der Waals surface area (Å²) in [6, 6.07) is -0.0407. The molecule has 2 atom stereocenters. The van der Waals surface area contributed by atoms with Crippen LogP contribution in [-0.4, -0.2) is 89.3 Å². The molecule has 2 aliphatic heterocycles. The number of rotatable bonds is 4. The summed E-state index contributed by atoms with van der Waals surface area (Å²) >= 11 is 0. The van der Waals surface area contributed by atoms with Gasteiger partial charge in [-0.1, -0.05) is 0 Å². The van der Waals surface area contributed by atoms with Crippen molar-refractivity contribution >= 4 is 12.0 Å². The summed E-state index contributed by atoms with van der Waals surface area (Å²) in [6.07, 6.45) is 0.268. The van der Waals surface area contributed by atoms with Crippen molar-refractivity contribution in [3.8, 4) is 0 Å². The van der Waals surface area contributed by atoms with Crippen molar-refractivity contribution in [3.63, 3.8) is 0 Å². The van der Waals surface area contributed by atoms with E-state index >= 15 is 0 Å². The second-order valence-corrected chi connectivity index (χ2v) is 6.11. The lowest BCUT2D eigenvalue weighted by molar-refractivity contribution is -0.139. The van der Waals surface area contributed by atoms with Gasteiger partial charge in [-0.25, -0.2) is 4.79 Å². The van der Waals surface area contributed by atoms with Crippen molar-refractivity contribution in [1.82, 2.24) is 14.7 Å². The maximum atomic E-state index is 12.4. The van der Waals surface area contributed by atoms with Crippen LogP contribution in [0.1, 0.15) is 12.8 Å². The molecule has 7 nitrogen and oxygen atoms in total. The maximum Gasteiger partial charge on any atom is 0.320 e. The van der Waals surface area contributed by atoms with E-state index in [4.69, 9.17) is 5.11 Å². The molecule has 2 rings (SSSR count). The maximum absolute atomic E-state index is 12.4. The molecule has 114 valence electrons. The van der Waals surface area contributed by atoms with Gasteiger partial charge in [-0.3, -0.25) is 4.79 Å². The third-order valence-corrected chi connectivity index (χ3v) is 3.90. The van der Waals surface area contributed by atoms with Crippen LogP contribution in [0.5, 0.6) is 0 Å². The quantitative estimate of drug-likeness (QED) is 0.728. The first-order valence-corrected chi connectivity index (χ1v) is 6.97. The van der Waals surface area contributed by atoms with Crippen molar-refractivity contribution in [1.29, 1.82) is 0 Å². The van der Waals surface area contributed by atoms with E-state index in [0.29, 0.717) is 26.1 Å². The van der Waals surface area contributed by atoms with Crippen LogP contribution in [0, 0.1) is 5.92 Å². The molecule has 2 amide bonds. The predicted molar refractivity (Wildman–Crippen MR) is 72.4 cm³/mol. The fourth-order valence-corrected chi connectivity index (χ4v) is 3.00. The standard InChI is InChI=1S/C13H23N3O4/c1-14(2)7-10-4-11(17)8-16(10)13(20)15-5-9(6-15)3-12(18)19/h9-11,17H,3-8H2,1-2H3,(H,18,19). The molecule has 0 aromatic heterocycles. The summed E-state index contributed by atoms with van der Waals surface area (Å²) in [5.41, 5.74) is 0. The largest absolute Gasteiger partial charge is 0.481 e. The number of aliphatic hydroxyl groups excluding tert-OH is 1. The highest BCUT2D eigenvalue weighted by Gasteiger charge is 2.40. The van der Waals surface area contributed by atoms with E-state index in [1.54, 1.807) is 9.80 Å². The highest BCUT2D eigenvalue weighted by molar-refractivity contribution is 5.76. The number of hydrogen-bond donors (Lipinski definition) is 2. The van der Waals surface area contributed by atoms with Gasteiger partial charge in [-0.05, 0) is 20.5 Å². The Hall–Kier alpha value is -1.34. The minimum atomic E-state index is -0.816. The van der Waals surface area contributed by atoms with Crippen LogP contribution in [0.2, 0.25) is 0 Å². The number of nitrogens with zero attached hydrogens (tertiary/aromatic N) is 3. The lowest BCUT2D eigenvalue weighted by Gasteiger charge is -2.42. The van der Waals surface area contributed by atoms with Gasteiger partial charge in [-0.15, -0.1) is 0 Å². The van der Waals surface area contributed by atoms with Crippen LogP contribution < -0.4 is 0 Å². The van der Waals surface area contributed by atoms with E-state index in [-0.39, 0.29) is 24.4 Å². The number of carbonyl (C=O) groups is 2. The Balaban J connectivity index is 1.87. The average molecular weight is 285 g/mol. The van der Waals surface area contributed by atoms with E-state index in [1.807, 2.05) is 19.0 Å². The Morgan fingerprint density at radius 3 is 2.45 bits per heavy atom. The van der Waals surface area contributed by atoms with E-state index in [0.717, 1.165) is 6.54 Å². The summed E-state index contributed by atoms with van der Waals surface area (Å²) in [5.74, 6) is -0.750. The second kappa shape index (κ2) is 5.97. The zero-order valence-corrected chi connectivity index (χ0v) is 12.0. The molecule has 0 radical (unpaired) electrons. The molecule has 2 fully saturated rings. The molecule has 0 saturated carbocycles. The normalized spacial score (nSPS) is 27.0. The Labute approximate surface area is 118 Å². The SMILES string of the molecule is CN(C)CC1CC(O)CN1C(=O)N1CC(CC(=O)O)C1. The number of likely N-dealkylation sites (tertiary alicyclic amines) is 2. The molecule has 2 aliphatic rings. The van der Waals surface area contributed by atoms with Crippen molar-refractivity contribution in [3.05, 3.63) is 0 Å². The smallest absolute Gasteiger partial charge is 0.320 e. The molecule has 2 unspecified atom stereocenters. The first-order chi connectivity index (χ1) is 9.36. The summed E-state index contributed by atoms with van der Waals surface area (Å²) in [7, 11) is 3.89. The second-order valence-electron chi connectivity index (χ2n) is 6.11. The molecule has 7 heteroatoms. The number of likely N-dealkylation sites (N-methyl/N-ethyl adjacent to an activating group) is 1. The minimum absolute atomic E-state index is 0.0334. The molecule has 0 bridgehead atoms. The topological polar surface area (TPSA) is 84.3 Å². The van der Waals surface area contributed by atoms with Gasteiger partial charge in [0.05, 0.1) is 12.5 Å². The number of aliphatic carboxylic acids is 1. The molecule has 2 saturated heterocycles. The van der Waals surface area contributed by atoms with Gasteiger partial charge in [0.1, 0.15) is 0 Å². The number of carboxylic acid groups (broad SMARTS) is 1. The summed E-state index contributed by atoms with van der Waals surface area (Å²) in [4.78, 5) is 28.4. The molecule has 2 N–H and O–H groups in total. The van der Waals surface area contributed by atoms with Gasteiger partial charge >= 0.3 is 12.0 Å². The predicted octanol–water partition coefficient (Wildman–Crippen LogP) is -0.490. The van der Waals surface area contributed by atoms with Gasteiger partial charge in [-0.2, -0.15) is 0 Å². The number of amides is 2. The Morgan fingerprint density at radius 2 is 1.90 bits per heavy atom. The molecule has 0 aliphatic carbocycles. The number of hydrogen-bond acceptors (Lipinski definition) is 4. The molecule has 2 heterocycles. The molecule has 0 spiro atoms. The van der Waals surface area contributed by atoms with Crippen molar-refractivity contribution < 1.29 is 19.8 Å². The molecule has 20 heavy (non-hydrogen) atoms. The number of carboxylic acids is 1.